The lowest BCUT2D eigenvalue weighted by Gasteiger charge is -2.33. The minimum absolute atomic E-state index is 0.0723. The van der Waals surface area contributed by atoms with Crippen molar-refractivity contribution in [1.29, 1.82) is 0 Å². The van der Waals surface area contributed by atoms with Crippen LogP contribution in [-0.2, 0) is 10.1 Å². The van der Waals surface area contributed by atoms with Gasteiger partial charge in [0.15, 0.2) is 0 Å². The van der Waals surface area contributed by atoms with E-state index in [9.17, 15) is 0 Å². The number of benzene rings is 4. The summed E-state index contributed by atoms with van der Waals surface area (Å²) in [7, 11) is -0.133. The average molecular weight is 419 g/mol. The molecule has 3 heteroatoms. The van der Waals surface area contributed by atoms with E-state index in [1.54, 1.807) is 0 Å². The van der Waals surface area contributed by atoms with E-state index in [4.69, 9.17) is 4.65 Å². The van der Waals surface area contributed by atoms with E-state index in [0.717, 1.165) is 0 Å². The van der Waals surface area contributed by atoms with Crippen molar-refractivity contribution in [2.75, 3.05) is 0 Å². The summed E-state index contributed by atoms with van der Waals surface area (Å²) in [5.41, 5.74) is 6.38. The van der Waals surface area contributed by atoms with Crippen LogP contribution in [0, 0.1) is 0 Å². The van der Waals surface area contributed by atoms with Crippen molar-refractivity contribution in [2.24, 2.45) is 0 Å². The van der Waals surface area contributed by atoms with Crippen molar-refractivity contribution in [3.8, 4) is 11.1 Å². The van der Waals surface area contributed by atoms with Crippen molar-refractivity contribution in [1.82, 2.24) is 5.23 Å². The maximum atomic E-state index is 6.62. The molecule has 4 aromatic rings. The van der Waals surface area contributed by atoms with Crippen molar-refractivity contribution < 1.29 is 4.65 Å². The Bertz CT molecular complexity index is 1400. The maximum Gasteiger partial charge on any atom is 0.417 e. The van der Waals surface area contributed by atoms with Crippen LogP contribution in [0.5, 0.6) is 0 Å². The quantitative estimate of drug-likeness (QED) is 0.373. The van der Waals surface area contributed by atoms with Crippen molar-refractivity contribution >= 4 is 34.1 Å². The fourth-order valence-electron chi connectivity index (χ4n) is 5.70. The first-order valence-electron chi connectivity index (χ1n) is 11.7. The van der Waals surface area contributed by atoms with Gasteiger partial charge in [-0.05, 0) is 77.0 Å². The van der Waals surface area contributed by atoms with Gasteiger partial charge in [-0.1, -0.05) is 80.6 Å². The van der Waals surface area contributed by atoms with Gasteiger partial charge in [0.05, 0.1) is 5.60 Å². The standard InChI is InChI=1S/C29H30BNO/c1-27(2)22-16-15-18-11-7-8-12-19(18)25(22)26-21-14-10-9-13-20(21)24(17-23(26)27)30-31-28(3,4)29(5,6)32-30/h7-17,31H,1-6H3. The SMILES string of the molecule is CC1(C)c2ccc3ccccc3c2-c2c1cc(B1NC(C)(C)C(C)(C)O1)c1ccccc21. The maximum absolute atomic E-state index is 6.62. The van der Waals surface area contributed by atoms with Gasteiger partial charge < -0.3 is 9.88 Å². The molecule has 1 fully saturated rings. The second kappa shape index (κ2) is 6.24. The fourth-order valence-corrected chi connectivity index (χ4v) is 5.70. The van der Waals surface area contributed by atoms with E-state index in [1.165, 1.54) is 49.3 Å². The molecule has 1 heterocycles. The molecule has 1 aliphatic carbocycles. The van der Waals surface area contributed by atoms with E-state index in [1.807, 2.05) is 0 Å². The molecule has 6 rings (SSSR count). The van der Waals surface area contributed by atoms with Gasteiger partial charge in [0.25, 0.3) is 0 Å². The van der Waals surface area contributed by atoms with Crippen LogP contribution >= 0.6 is 0 Å². The molecule has 32 heavy (non-hydrogen) atoms. The second-order valence-electron chi connectivity index (χ2n) is 11.0. The summed E-state index contributed by atoms with van der Waals surface area (Å²) >= 11 is 0. The smallest absolute Gasteiger partial charge is 0.411 e. The Balaban J connectivity index is 1.69. The third-order valence-electron chi connectivity index (χ3n) is 8.29. The Morgan fingerprint density at radius 3 is 2.00 bits per heavy atom. The van der Waals surface area contributed by atoms with Crippen LogP contribution in [0.1, 0.15) is 52.7 Å². The largest absolute Gasteiger partial charge is 0.417 e. The van der Waals surface area contributed by atoms with Crippen LogP contribution in [-0.4, -0.2) is 18.2 Å². The molecule has 1 saturated heterocycles. The molecule has 0 spiro atoms. The number of nitrogens with one attached hydrogen (secondary N) is 1. The first-order chi connectivity index (χ1) is 15.1. The van der Waals surface area contributed by atoms with E-state index in [-0.39, 0.29) is 23.6 Å². The summed E-state index contributed by atoms with van der Waals surface area (Å²) in [6.45, 7) is 13.6. The molecule has 4 aromatic carbocycles. The van der Waals surface area contributed by atoms with Gasteiger partial charge in [-0.3, -0.25) is 0 Å². The van der Waals surface area contributed by atoms with Crippen LogP contribution in [0.2, 0.25) is 0 Å². The number of hydrogen-bond acceptors (Lipinski definition) is 2. The fraction of sp³-hybridized carbons (Fsp3) is 0.310. The lowest BCUT2D eigenvalue weighted by Crippen LogP contribution is -2.51. The molecule has 0 atom stereocenters. The number of fused-ring (bicyclic) bond motifs is 7. The third kappa shape index (κ3) is 2.50. The van der Waals surface area contributed by atoms with E-state index >= 15 is 0 Å². The molecule has 0 saturated carbocycles. The highest BCUT2D eigenvalue weighted by atomic mass is 16.5. The molecule has 0 bridgehead atoms. The molecule has 0 radical (unpaired) electrons. The average Bonchev–Trinajstić information content (AvgIpc) is 3.12. The second-order valence-corrected chi connectivity index (χ2v) is 11.0. The highest BCUT2D eigenvalue weighted by Gasteiger charge is 2.51. The van der Waals surface area contributed by atoms with E-state index < -0.39 is 0 Å². The molecule has 0 unspecified atom stereocenters. The predicted molar refractivity (Wildman–Crippen MR) is 137 cm³/mol. The summed E-state index contributed by atoms with van der Waals surface area (Å²) in [5.74, 6) is 0. The molecular weight excluding hydrogens is 389 g/mol. The predicted octanol–water partition coefficient (Wildman–Crippen LogP) is 6.17. The summed E-state index contributed by atoms with van der Waals surface area (Å²) in [5, 5.41) is 9.00. The normalized spacial score (nSPS) is 20.0. The van der Waals surface area contributed by atoms with Crippen LogP contribution in [0.3, 0.4) is 0 Å². The first-order valence-corrected chi connectivity index (χ1v) is 11.7. The van der Waals surface area contributed by atoms with Crippen molar-refractivity contribution in [3.63, 3.8) is 0 Å². The van der Waals surface area contributed by atoms with Gasteiger partial charge in [-0.2, -0.15) is 0 Å². The zero-order chi connectivity index (χ0) is 22.5. The number of rotatable bonds is 1. The molecule has 0 amide bonds. The Labute approximate surface area is 191 Å². The highest BCUT2D eigenvalue weighted by Crippen LogP contribution is 2.53. The van der Waals surface area contributed by atoms with Gasteiger partial charge in [-0.25, -0.2) is 0 Å². The molecular formula is C29H30BNO. The highest BCUT2D eigenvalue weighted by molar-refractivity contribution is 6.69. The van der Waals surface area contributed by atoms with Crippen LogP contribution in [0.15, 0.2) is 66.7 Å². The first kappa shape index (κ1) is 20.0. The molecule has 1 aliphatic heterocycles. The van der Waals surface area contributed by atoms with Crippen LogP contribution in [0.25, 0.3) is 32.7 Å². The van der Waals surface area contributed by atoms with Gasteiger partial charge in [0.2, 0.25) is 0 Å². The summed E-state index contributed by atoms with van der Waals surface area (Å²) in [6.07, 6.45) is 0. The lowest BCUT2D eigenvalue weighted by molar-refractivity contribution is 0.0750. The summed E-state index contributed by atoms with van der Waals surface area (Å²) in [6, 6.07) is 24.7. The van der Waals surface area contributed by atoms with Crippen LogP contribution < -0.4 is 10.7 Å². The van der Waals surface area contributed by atoms with Crippen molar-refractivity contribution in [2.45, 2.75) is 58.1 Å². The lowest BCUT2D eigenvalue weighted by atomic mass is 9.68. The monoisotopic (exact) mass is 419 g/mol. The Kier molecular flexibility index (Phi) is 3.91. The molecule has 0 aromatic heterocycles. The Morgan fingerprint density at radius 1 is 0.688 bits per heavy atom. The van der Waals surface area contributed by atoms with Gasteiger partial charge in [0.1, 0.15) is 0 Å². The van der Waals surface area contributed by atoms with Gasteiger partial charge in [0, 0.05) is 11.0 Å². The van der Waals surface area contributed by atoms with Gasteiger partial charge in [-0.15, -0.1) is 0 Å². The summed E-state index contributed by atoms with van der Waals surface area (Å²) < 4.78 is 6.62. The van der Waals surface area contributed by atoms with Gasteiger partial charge >= 0.3 is 7.05 Å². The zero-order valence-corrected chi connectivity index (χ0v) is 19.8. The summed E-state index contributed by atoms with van der Waals surface area (Å²) in [4.78, 5) is 0. The minimum Gasteiger partial charge on any atom is -0.411 e. The number of hydrogen-bond donors (Lipinski definition) is 1. The molecule has 2 aliphatic rings. The van der Waals surface area contributed by atoms with Crippen LogP contribution in [0.4, 0.5) is 0 Å². The topological polar surface area (TPSA) is 21.3 Å². The Hall–Kier alpha value is -2.62. The molecule has 2 nitrogen and oxygen atoms in total. The Morgan fingerprint density at radius 2 is 1.31 bits per heavy atom. The van der Waals surface area contributed by atoms with E-state index in [2.05, 4.69) is 114 Å². The van der Waals surface area contributed by atoms with E-state index in [0.29, 0.717) is 0 Å². The molecule has 1 N–H and O–H groups in total. The minimum atomic E-state index is -0.257. The third-order valence-corrected chi connectivity index (χ3v) is 8.29. The molecule has 160 valence electrons. The zero-order valence-electron chi connectivity index (χ0n) is 19.8. The van der Waals surface area contributed by atoms with Crippen molar-refractivity contribution in [3.05, 3.63) is 77.9 Å².